The molecule has 1 heterocycles. The topological polar surface area (TPSA) is 61.0 Å². The van der Waals surface area contributed by atoms with Crippen molar-refractivity contribution >= 4 is 5.69 Å². The van der Waals surface area contributed by atoms with Gasteiger partial charge in [0.2, 0.25) is 5.88 Å². The smallest absolute Gasteiger partial charge is 0.222 e. The molecule has 1 aromatic carbocycles. The van der Waals surface area contributed by atoms with Crippen molar-refractivity contribution in [3.8, 4) is 11.6 Å². The summed E-state index contributed by atoms with van der Waals surface area (Å²) in [5.41, 5.74) is 7.65. The van der Waals surface area contributed by atoms with Crippen LogP contribution in [-0.4, -0.2) is 9.97 Å². The van der Waals surface area contributed by atoms with Crippen molar-refractivity contribution < 1.29 is 9.13 Å². The Bertz CT molecular complexity index is 614. The summed E-state index contributed by atoms with van der Waals surface area (Å²) in [6.07, 6.45) is 0.767. The van der Waals surface area contributed by atoms with Gasteiger partial charge in [0, 0.05) is 23.5 Å². The molecule has 0 aliphatic carbocycles. The quantitative estimate of drug-likeness (QED) is 0.862. The highest BCUT2D eigenvalue weighted by Gasteiger charge is 2.10. The Morgan fingerprint density at radius 2 is 1.95 bits per heavy atom. The molecule has 4 nitrogen and oxygen atoms in total. The summed E-state index contributed by atoms with van der Waals surface area (Å²) in [6, 6.07) is 4.52. The second kappa shape index (κ2) is 5.22. The van der Waals surface area contributed by atoms with Gasteiger partial charge >= 0.3 is 0 Å². The summed E-state index contributed by atoms with van der Waals surface area (Å²) in [5, 5.41) is 0. The number of aryl methyl sites for hydroxylation is 3. The van der Waals surface area contributed by atoms with Crippen LogP contribution in [0.15, 0.2) is 18.2 Å². The molecule has 0 radical (unpaired) electrons. The second-order valence-electron chi connectivity index (χ2n) is 4.34. The normalized spacial score (nSPS) is 10.5. The average Bonchev–Trinajstić information content (AvgIpc) is 2.35. The van der Waals surface area contributed by atoms with E-state index in [0.717, 1.165) is 17.7 Å². The Balaban J connectivity index is 2.36. The first-order valence-corrected chi connectivity index (χ1v) is 6.07. The maximum atomic E-state index is 13.8. The highest BCUT2D eigenvalue weighted by Crippen LogP contribution is 2.27. The van der Waals surface area contributed by atoms with Crippen molar-refractivity contribution in [2.75, 3.05) is 5.73 Å². The van der Waals surface area contributed by atoms with E-state index < -0.39 is 5.82 Å². The molecule has 2 N–H and O–H groups in total. The molecular formula is C14H16FN3O. The summed E-state index contributed by atoms with van der Waals surface area (Å²) < 4.78 is 19.2. The fourth-order valence-corrected chi connectivity index (χ4v) is 1.69. The van der Waals surface area contributed by atoms with Crippen LogP contribution in [0.4, 0.5) is 10.1 Å². The van der Waals surface area contributed by atoms with Gasteiger partial charge in [-0.15, -0.1) is 0 Å². The van der Waals surface area contributed by atoms with E-state index in [2.05, 4.69) is 9.97 Å². The lowest BCUT2D eigenvalue weighted by Crippen LogP contribution is -1.99. The van der Waals surface area contributed by atoms with Gasteiger partial charge in [0.15, 0.2) is 11.6 Å². The van der Waals surface area contributed by atoms with Gasteiger partial charge in [-0.3, -0.25) is 0 Å². The first-order valence-electron chi connectivity index (χ1n) is 6.07. The van der Waals surface area contributed by atoms with Gasteiger partial charge in [0.05, 0.1) is 0 Å². The van der Waals surface area contributed by atoms with E-state index in [9.17, 15) is 4.39 Å². The Hall–Kier alpha value is -2.17. The van der Waals surface area contributed by atoms with Gasteiger partial charge in [-0.2, -0.15) is 4.98 Å². The van der Waals surface area contributed by atoms with Crippen LogP contribution in [0.2, 0.25) is 0 Å². The van der Waals surface area contributed by atoms with Crippen LogP contribution in [-0.2, 0) is 6.42 Å². The first-order chi connectivity index (χ1) is 8.99. The summed E-state index contributed by atoms with van der Waals surface area (Å²) in [6.45, 7) is 5.56. The van der Waals surface area contributed by atoms with Crippen molar-refractivity contribution in [3.63, 3.8) is 0 Å². The minimum Gasteiger partial charge on any atom is -0.436 e. The standard InChI is InChI=1S/C14H16FN3O/c1-4-10-6-14(18-9(3)17-10)19-13-5-8(2)12(16)7-11(13)15/h5-7H,4,16H2,1-3H3. The van der Waals surface area contributed by atoms with Crippen molar-refractivity contribution in [2.45, 2.75) is 27.2 Å². The molecule has 0 saturated carbocycles. The maximum Gasteiger partial charge on any atom is 0.222 e. The van der Waals surface area contributed by atoms with E-state index in [1.807, 2.05) is 6.92 Å². The molecule has 2 rings (SSSR count). The number of nitrogens with two attached hydrogens (primary N) is 1. The molecule has 2 aromatic rings. The van der Waals surface area contributed by atoms with Crippen molar-refractivity contribution in [1.82, 2.24) is 9.97 Å². The molecular weight excluding hydrogens is 245 g/mol. The highest BCUT2D eigenvalue weighted by atomic mass is 19.1. The number of nitrogen functional groups attached to an aromatic ring is 1. The minimum absolute atomic E-state index is 0.117. The molecule has 0 unspecified atom stereocenters. The Labute approximate surface area is 111 Å². The lowest BCUT2D eigenvalue weighted by atomic mass is 10.2. The van der Waals surface area contributed by atoms with Crippen LogP contribution in [0.5, 0.6) is 11.6 Å². The fraction of sp³-hybridized carbons (Fsp3) is 0.286. The third-order valence-corrected chi connectivity index (χ3v) is 2.76. The molecule has 19 heavy (non-hydrogen) atoms. The molecule has 0 fully saturated rings. The number of benzene rings is 1. The number of nitrogens with zero attached hydrogens (tertiary/aromatic N) is 2. The van der Waals surface area contributed by atoms with E-state index in [-0.39, 0.29) is 5.75 Å². The van der Waals surface area contributed by atoms with Gasteiger partial charge in [0.1, 0.15) is 5.82 Å². The zero-order chi connectivity index (χ0) is 14.0. The molecule has 0 bridgehead atoms. The number of halogens is 1. The summed E-state index contributed by atoms with van der Waals surface area (Å²) in [4.78, 5) is 8.38. The Morgan fingerprint density at radius 1 is 1.21 bits per heavy atom. The van der Waals surface area contributed by atoms with Crippen LogP contribution in [0, 0.1) is 19.7 Å². The highest BCUT2D eigenvalue weighted by molar-refractivity contribution is 5.51. The zero-order valence-electron chi connectivity index (χ0n) is 11.2. The number of hydrogen-bond acceptors (Lipinski definition) is 4. The van der Waals surface area contributed by atoms with Crippen LogP contribution in [0.1, 0.15) is 24.0 Å². The molecule has 0 spiro atoms. The lowest BCUT2D eigenvalue weighted by molar-refractivity contribution is 0.424. The Kier molecular flexibility index (Phi) is 3.64. The van der Waals surface area contributed by atoms with Crippen molar-refractivity contribution in [1.29, 1.82) is 0 Å². The fourth-order valence-electron chi connectivity index (χ4n) is 1.69. The zero-order valence-corrected chi connectivity index (χ0v) is 11.2. The molecule has 1 aromatic heterocycles. The number of aromatic nitrogens is 2. The predicted molar refractivity (Wildman–Crippen MR) is 71.8 cm³/mol. The lowest BCUT2D eigenvalue weighted by Gasteiger charge is -2.09. The molecule has 0 saturated heterocycles. The molecule has 0 aliphatic heterocycles. The van der Waals surface area contributed by atoms with E-state index >= 15 is 0 Å². The van der Waals surface area contributed by atoms with Crippen molar-refractivity contribution in [3.05, 3.63) is 41.1 Å². The largest absolute Gasteiger partial charge is 0.436 e. The summed E-state index contributed by atoms with van der Waals surface area (Å²) in [7, 11) is 0. The summed E-state index contributed by atoms with van der Waals surface area (Å²) >= 11 is 0. The number of anilines is 1. The van der Waals surface area contributed by atoms with Gasteiger partial charge in [0.25, 0.3) is 0 Å². The van der Waals surface area contributed by atoms with Crippen molar-refractivity contribution in [2.24, 2.45) is 0 Å². The second-order valence-corrected chi connectivity index (χ2v) is 4.34. The molecule has 0 amide bonds. The van der Waals surface area contributed by atoms with Gasteiger partial charge in [-0.05, 0) is 31.9 Å². The van der Waals surface area contributed by atoms with Gasteiger partial charge < -0.3 is 10.5 Å². The van der Waals surface area contributed by atoms with Crippen LogP contribution < -0.4 is 10.5 Å². The van der Waals surface area contributed by atoms with Crippen LogP contribution in [0.25, 0.3) is 0 Å². The Morgan fingerprint density at radius 3 is 2.63 bits per heavy atom. The van der Waals surface area contributed by atoms with E-state index in [0.29, 0.717) is 17.4 Å². The van der Waals surface area contributed by atoms with Gasteiger partial charge in [-0.25, -0.2) is 9.37 Å². The number of ether oxygens (including phenoxy) is 1. The monoisotopic (exact) mass is 261 g/mol. The summed E-state index contributed by atoms with van der Waals surface area (Å²) in [5.74, 6) is 0.554. The number of rotatable bonds is 3. The third kappa shape index (κ3) is 2.99. The van der Waals surface area contributed by atoms with Gasteiger partial charge in [-0.1, -0.05) is 6.92 Å². The van der Waals surface area contributed by atoms with E-state index in [1.54, 1.807) is 26.0 Å². The first kappa shape index (κ1) is 13.3. The van der Waals surface area contributed by atoms with E-state index in [1.165, 1.54) is 6.07 Å². The maximum absolute atomic E-state index is 13.8. The van der Waals surface area contributed by atoms with Crippen LogP contribution >= 0.6 is 0 Å². The molecule has 100 valence electrons. The molecule has 0 atom stereocenters. The van der Waals surface area contributed by atoms with E-state index in [4.69, 9.17) is 10.5 Å². The van der Waals surface area contributed by atoms with Crippen LogP contribution in [0.3, 0.4) is 0 Å². The molecule has 0 aliphatic rings. The predicted octanol–water partition coefficient (Wildman–Crippen LogP) is 3.17. The molecule has 5 heteroatoms. The average molecular weight is 261 g/mol. The minimum atomic E-state index is -0.502. The SMILES string of the molecule is CCc1cc(Oc2cc(C)c(N)cc2F)nc(C)n1. The number of hydrogen-bond donors (Lipinski definition) is 1. The third-order valence-electron chi connectivity index (χ3n) is 2.76.